The Morgan fingerprint density at radius 1 is 1.38 bits per heavy atom. The van der Waals surface area contributed by atoms with Gasteiger partial charge >= 0.3 is 5.97 Å². The van der Waals surface area contributed by atoms with Crippen molar-refractivity contribution in [1.82, 2.24) is 5.32 Å². The number of carboxylic acids is 1. The minimum Gasteiger partial charge on any atom is -0.481 e. The molecule has 3 nitrogen and oxygen atoms in total. The van der Waals surface area contributed by atoms with Gasteiger partial charge in [0, 0.05) is 18.8 Å². The Bertz CT molecular complexity index is 342. The lowest BCUT2D eigenvalue weighted by Crippen LogP contribution is -2.18. The molecule has 4 heteroatoms. The third kappa shape index (κ3) is 4.68. The number of carboxylic acid groups (broad SMARTS) is 1. The molecule has 0 aromatic heterocycles. The van der Waals surface area contributed by atoms with Gasteiger partial charge in [-0.1, -0.05) is 24.3 Å². The summed E-state index contributed by atoms with van der Waals surface area (Å²) < 4.78 is 0. The lowest BCUT2D eigenvalue weighted by molar-refractivity contribution is -0.136. The second-order valence-corrected chi connectivity index (χ2v) is 4.49. The molecule has 0 saturated heterocycles. The highest BCUT2D eigenvalue weighted by atomic mass is 32.2. The van der Waals surface area contributed by atoms with E-state index in [0.29, 0.717) is 0 Å². The maximum absolute atomic E-state index is 10.7. The quantitative estimate of drug-likeness (QED) is 0.712. The van der Waals surface area contributed by atoms with Crippen molar-refractivity contribution in [3.63, 3.8) is 0 Å². The van der Waals surface area contributed by atoms with Crippen LogP contribution in [-0.2, 0) is 17.8 Å². The molecule has 0 heterocycles. The van der Waals surface area contributed by atoms with Crippen LogP contribution >= 0.6 is 11.8 Å². The summed E-state index contributed by atoms with van der Waals surface area (Å²) in [7, 11) is 0. The molecule has 1 aromatic rings. The van der Waals surface area contributed by atoms with E-state index in [1.54, 1.807) is 11.8 Å². The maximum atomic E-state index is 10.7. The van der Waals surface area contributed by atoms with Gasteiger partial charge in [0.2, 0.25) is 0 Å². The fraction of sp³-hybridized carbons (Fsp3) is 0.417. The van der Waals surface area contributed by atoms with Gasteiger partial charge in [0.15, 0.2) is 0 Å². The molecular formula is C12H17NO2S. The third-order valence-electron chi connectivity index (χ3n) is 2.26. The first kappa shape index (κ1) is 13.1. The van der Waals surface area contributed by atoms with Crippen LogP contribution in [0.3, 0.4) is 0 Å². The van der Waals surface area contributed by atoms with Gasteiger partial charge in [-0.15, -0.1) is 0 Å². The Morgan fingerprint density at radius 2 is 2.06 bits per heavy atom. The van der Waals surface area contributed by atoms with Crippen molar-refractivity contribution in [2.24, 2.45) is 0 Å². The Kier molecular flexibility index (Phi) is 5.96. The minimum atomic E-state index is -0.781. The molecular weight excluding hydrogens is 222 g/mol. The molecule has 0 aliphatic carbocycles. The van der Waals surface area contributed by atoms with Crippen molar-refractivity contribution in [3.8, 4) is 0 Å². The summed E-state index contributed by atoms with van der Waals surface area (Å²) in [6, 6.07) is 7.67. The van der Waals surface area contributed by atoms with Crippen molar-refractivity contribution in [2.75, 3.05) is 18.6 Å². The van der Waals surface area contributed by atoms with Crippen molar-refractivity contribution in [1.29, 1.82) is 0 Å². The number of benzene rings is 1. The average molecular weight is 239 g/mol. The van der Waals surface area contributed by atoms with E-state index in [1.807, 2.05) is 24.3 Å². The lowest BCUT2D eigenvalue weighted by Gasteiger charge is -2.08. The number of nitrogens with one attached hydrogen (secondary N) is 1. The van der Waals surface area contributed by atoms with Gasteiger partial charge < -0.3 is 10.4 Å². The lowest BCUT2D eigenvalue weighted by atomic mass is 10.0. The number of hydrogen-bond acceptors (Lipinski definition) is 3. The topological polar surface area (TPSA) is 49.3 Å². The summed E-state index contributed by atoms with van der Waals surface area (Å²) in [5.41, 5.74) is 1.97. The molecule has 0 spiro atoms. The Hall–Kier alpha value is -1.00. The van der Waals surface area contributed by atoms with Gasteiger partial charge in [0.1, 0.15) is 0 Å². The number of rotatable bonds is 7. The standard InChI is InChI=1S/C12H17NO2S/c1-16-7-6-13-9-11-5-3-2-4-10(11)8-12(14)15/h2-5,13H,6-9H2,1H3,(H,14,15). The highest BCUT2D eigenvalue weighted by Crippen LogP contribution is 2.09. The molecule has 0 aliphatic rings. The molecule has 16 heavy (non-hydrogen) atoms. The van der Waals surface area contributed by atoms with Crippen molar-refractivity contribution in [2.45, 2.75) is 13.0 Å². The van der Waals surface area contributed by atoms with Crippen LogP contribution < -0.4 is 5.32 Å². The van der Waals surface area contributed by atoms with Crippen LogP contribution in [0.1, 0.15) is 11.1 Å². The van der Waals surface area contributed by atoms with Gasteiger partial charge in [-0.3, -0.25) is 4.79 Å². The van der Waals surface area contributed by atoms with Crippen LogP contribution in [0.15, 0.2) is 24.3 Å². The molecule has 0 aliphatic heterocycles. The molecule has 0 amide bonds. The van der Waals surface area contributed by atoms with Gasteiger partial charge in [-0.2, -0.15) is 11.8 Å². The van der Waals surface area contributed by atoms with Crippen LogP contribution in [0.2, 0.25) is 0 Å². The van der Waals surface area contributed by atoms with E-state index >= 15 is 0 Å². The van der Waals surface area contributed by atoms with E-state index in [9.17, 15) is 4.79 Å². The zero-order valence-corrected chi connectivity index (χ0v) is 10.2. The minimum absolute atomic E-state index is 0.0976. The zero-order valence-electron chi connectivity index (χ0n) is 9.40. The van der Waals surface area contributed by atoms with E-state index < -0.39 is 5.97 Å². The van der Waals surface area contributed by atoms with Crippen molar-refractivity contribution in [3.05, 3.63) is 35.4 Å². The van der Waals surface area contributed by atoms with Crippen LogP contribution in [0.5, 0.6) is 0 Å². The number of carbonyl (C=O) groups is 1. The summed E-state index contributed by atoms with van der Waals surface area (Å²) in [6.07, 6.45) is 2.17. The predicted octanol–water partition coefficient (Wildman–Crippen LogP) is 1.77. The highest BCUT2D eigenvalue weighted by Gasteiger charge is 2.05. The van der Waals surface area contributed by atoms with Crippen molar-refractivity contribution >= 4 is 17.7 Å². The van der Waals surface area contributed by atoms with E-state index in [0.717, 1.165) is 30.0 Å². The second kappa shape index (κ2) is 7.30. The molecule has 88 valence electrons. The summed E-state index contributed by atoms with van der Waals surface area (Å²) in [5, 5.41) is 12.1. The Morgan fingerprint density at radius 3 is 2.69 bits per heavy atom. The van der Waals surface area contributed by atoms with Gasteiger partial charge in [-0.25, -0.2) is 0 Å². The summed E-state index contributed by atoms with van der Waals surface area (Å²) >= 11 is 1.80. The van der Waals surface area contributed by atoms with E-state index in [4.69, 9.17) is 5.11 Å². The van der Waals surface area contributed by atoms with E-state index in [-0.39, 0.29) is 6.42 Å². The van der Waals surface area contributed by atoms with E-state index in [2.05, 4.69) is 11.6 Å². The average Bonchev–Trinajstić information content (AvgIpc) is 2.26. The molecule has 1 rings (SSSR count). The summed E-state index contributed by atoms with van der Waals surface area (Å²) in [6.45, 7) is 1.69. The summed E-state index contributed by atoms with van der Waals surface area (Å²) in [4.78, 5) is 10.7. The fourth-order valence-electron chi connectivity index (χ4n) is 1.46. The maximum Gasteiger partial charge on any atom is 0.307 e. The fourth-order valence-corrected chi connectivity index (χ4v) is 1.81. The monoisotopic (exact) mass is 239 g/mol. The number of hydrogen-bond donors (Lipinski definition) is 2. The molecule has 0 unspecified atom stereocenters. The number of aliphatic carboxylic acids is 1. The molecule has 0 radical (unpaired) electrons. The Balaban J connectivity index is 2.53. The second-order valence-electron chi connectivity index (χ2n) is 3.51. The predicted molar refractivity (Wildman–Crippen MR) is 67.9 cm³/mol. The molecule has 0 fully saturated rings. The Labute approximate surface area is 100 Å². The number of thioether (sulfide) groups is 1. The first-order chi connectivity index (χ1) is 7.74. The SMILES string of the molecule is CSCCNCc1ccccc1CC(=O)O. The third-order valence-corrected chi connectivity index (χ3v) is 2.87. The molecule has 0 bridgehead atoms. The van der Waals surface area contributed by atoms with Gasteiger partial charge in [0.05, 0.1) is 6.42 Å². The van der Waals surface area contributed by atoms with Crippen LogP contribution in [0.25, 0.3) is 0 Å². The summed E-state index contributed by atoms with van der Waals surface area (Å²) in [5.74, 6) is 0.290. The van der Waals surface area contributed by atoms with Crippen LogP contribution in [-0.4, -0.2) is 29.6 Å². The van der Waals surface area contributed by atoms with E-state index in [1.165, 1.54) is 0 Å². The highest BCUT2D eigenvalue weighted by molar-refractivity contribution is 7.98. The van der Waals surface area contributed by atoms with Crippen LogP contribution in [0.4, 0.5) is 0 Å². The zero-order chi connectivity index (χ0) is 11.8. The largest absolute Gasteiger partial charge is 0.481 e. The smallest absolute Gasteiger partial charge is 0.307 e. The molecule has 0 saturated carbocycles. The normalized spacial score (nSPS) is 10.3. The first-order valence-electron chi connectivity index (χ1n) is 5.22. The van der Waals surface area contributed by atoms with Crippen molar-refractivity contribution < 1.29 is 9.90 Å². The van der Waals surface area contributed by atoms with Gasteiger partial charge in [0.25, 0.3) is 0 Å². The molecule has 2 N–H and O–H groups in total. The molecule has 0 atom stereocenters. The van der Waals surface area contributed by atoms with Gasteiger partial charge in [-0.05, 0) is 17.4 Å². The van der Waals surface area contributed by atoms with Crippen LogP contribution in [0, 0.1) is 0 Å². The first-order valence-corrected chi connectivity index (χ1v) is 6.61. The molecule has 1 aromatic carbocycles.